The molecule has 0 N–H and O–H groups in total. The first-order chi connectivity index (χ1) is 7.40. The third-order valence-corrected chi connectivity index (χ3v) is 2.92. The monoisotopic (exact) mass is 220 g/mol. The number of methoxy groups -OCH3 is 1. The van der Waals surface area contributed by atoms with Crippen molar-refractivity contribution in [1.82, 2.24) is 0 Å². The number of benzene rings is 1. The molecule has 0 bridgehead atoms. The minimum atomic E-state index is 0.290. The molecule has 0 unspecified atom stereocenters. The Labute approximate surface area is 93.1 Å². The summed E-state index contributed by atoms with van der Waals surface area (Å²) >= 11 is 1.73. The van der Waals surface area contributed by atoms with E-state index in [0.29, 0.717) is 6.79 Å². The Hall–Kier alpha value is -1.32. The van der Waals surface area contributed by atoms with Crippen LogP contribution in [0.15, 0.2) is 41.8 Å². The molecule has 0 saturated heterocycles. The van der Waals surface area contributed by atoms with E-state index in [0.717, 1.165) is 5.75 Å². The number of rotatable bonds is 4. The van der Waals surface area contributed by atoms with E-state index >= 15 is 0 Å². The molecular weight excluding hydrogens is 208 g/mol. The highest BCUT2D eigenvalue weighted by Crippen LogP contribution is 2.26. The predicted molar refractivity (Wildman–Crippen MR) is 62.3 cm³/mol. The van der Waals surface area contributed by atoms with Crippen LogP contribution in [0.5, 0.6) is 5.75 Å². The van der Waals surface area contributed by atoms with Crippen molar-refractivity contribution in [2.45, 2.75) is 0 Å². The Morgan fingerprint density at radius 2 is 1.93 bits per heavy atom. The van der Waals surface area contributed by atoms with Crippen LogP contribution in [0.4, 0.5) is 0 Å². The van der Waals surface area contributed by atoms with Gasteiger partial charge in [0.2, 0.25) is 0 Å². The molecule has 1 heterocycles. The lowest BCUT2D eigenvalue weighted by Crippen LogP contribution is -1.98. The molecule has 15 heavy (non-hydrogen) atoms. The lowest BCUT2D eigenvalue weighted by atomic mass is 10.2. The number of hydrogen-bond donors (Lipinski definition) is 0. The van der Waals surface area contributed by atoms with Crippen molar-refractivity contribution in [1.29, 1.82) is 0 Å². The normalized spacial score (nSPS) is 10.2. The van der Waals surface area contributed by atoms with Crippen LogP contribution < -0.4 is 4.74 Å². The van der Waals surface area contributed by atoms with Gasteiger partial charge in [-0.05, 0) is 41.3 Å². The molecule has 2 aromatic rings. The van der Waals surface area contributed by atoms with Gasteiger partial charge in [0, 0.05) is 12.0 Å². The Morgan fingerprint density at radius 3 is 2.53 bits per heavy atom. The van der Waals surface area contributed by atoms with Gasteiger partial charge in [-0.3, -0.25) is 0 Å². The zero-order valence-corrected chi connectivity index (χ0v) is 9.29. The average Bonchev–Trinajstić information content (AvgIpc) is 2.80. The summed E-state index contributed by atoms with van der Waals surface area (Å²) in [4.78, 5) is 1.27. The first-order valence-electron chi connectivity index (χ1n) is 4.66. The summed E-state index contributed by atoms with van der Waals surface area (Å²) in [7, 11) is 1.61. The summed E-state index contributed by atoms with van der Waals surface area (Å²) in [5, 5.41) is 2.07. The Balaban J connectivity index is 2.11. The number of hydrogen-bond acceptors (Lipinski definition) is 3. The van der Waals surface area contributed by atoms with Gasteiger partial charge >= 0.3 is 0 Å². The Bertz CT molecular complexity index is 392. The van der Waals surface area contributed by atoms with Gasteiger partial charge in [-0.2, -0.15) is 0 Å². The smallest absolute Gasteiger partial charge is 0.188 e. The summed E-state index contributed by atoms with van der Waals surface area (Å²) in [6.07, 6.45) is 0. The predicted octanol–water partition coefficient (Wildman–Crippen LogP) is 3.40. The SMILES string of the molecule is COCOc1ccc(-c2cccs2)cc1. The number of ether oxygens (including phenoxy) is 2. The second-order valence-electron chi connectivity index (χ2n) is 3.05. The van der Waals surface area contributed by atoms with Gasteiger partial charge in [0.05, 0.1) is 0 Å². The molecule has 2 rings (SSSR count). The van der Waals surface area contributed by atoms with E-state index in [1.807, 2.05) is 12.1 Å². The van der Waals surface area contributed by atoms with Crippen molar-refractivity contribution < 1.29 is 9.47 Å². The van der Waals surface area contributed by atoms with Gasteiger partial charge in [0.25, 0.3) is 0 Å². The first-order valence-corrected chi connectivity index (χ1v) is 5.54. The quantitative estimate of drug-likeness (QED) is 0.735. The molecule has 2 nitrogen and oxygen atoms in total. The fraction of sp³-hybridized carbons (Fsp3) is 0.167. The van der Waals surface area contributed by atoms with Crippen molar-refractivity contribution in [3.8, 4) is 16.2 Å². The second kappa shape index (κ2) is 4.96. The Kier molecular flexibility index (Phi) is 3.37. The van der Waals surface area contributed by atoms with Gasteiger partial charge in [-0.1, -0.05) is 6.07 Å². The van der Waals surface area contributed by atoms with E-state index in [-0.39, 0.29) is 0 Å². The van der Waals surface area contributed by atoms with Gasteiger partial charge in [0.15, 0.2) is 6.79 Å². The van der Waals surface area contributed by atoms with Crippen LogP contribution >= 0.6 is 11.3 Å². The summed E-state index contributed by atoms with van der Waals surface area (Å²) in [5.41, 5.74) is 1.22. The van der Waals surface area contributed by atoms with E-state index in [4.69, 9.17) is 9.47 Å². The van der Waals surface area contributed by atoms with Gasteiger partial charge < -0.3 is 9.47 Å². The first kappa shape index (κ1) is 10.2. The van der Waals surface area contributed by atoms with Gasteiger partial charge in [-0.25, -0.2) is 0 Å². The summed E-state index contributed by atoms with van der Waals surface area (Å²) in [5.74, 6) is 0.831. The van der Waals surface area contributed by atoms with Crippen LogP contribution in [0, 0.1) is 0 Å². The maximum Gasteiger partial charge on any atom is 0.188 e. The van der Waals surface area contributed by atoms with Crippen LogP contribution in [-0.4, -0.2) is 13.9 Å². The van der Waals surface area contributed by atoms with E-state index < -0.39 is 0 Å². The third-order valence-electron chi connectivity index (χ3n) is 2.00. The van der Waals surface area contributed by atoms with Crippen LogP contribution in [0.25, 0.3) is 10.4 Å². The molecule has 0 atom stereocenters. The zero-order chi connectivity index (χ0) is 10.5. The highest BCUT2D eigenvalue weighted by atomic mass is 32.1. The molecule has 0 saturated carbocycles. The molecule has 1 aromatic carbocycles. The van der Waals surface area contributed by atoms with Crippen LogP contribution in [-0.2, 0) is 4.74 Å². The lowest BCUT2D eigenvalue weighted by molar-refractivity contribution is 0.0511. The molecule has 0 radical (unpaired) electrons. The molecule has 0 spiro atoms. The third kappa shape index (κ3) is 2.58. The molecule has 0 aliphatic rings. The van der Waals surface area contributed by atoms with E-state index in [9.17, 15) is 0 Å². The van der Waals surface area contributed by atoms with E-state index in [1.54, 1.807) is 18.4 Å². The molecule has 0 aliphatic carbocycles. The molecule has 3 heteroatoms. The summed E-state index contributed by atoms with van der Waals surface area (Å²) in [6.45, 7) is 0.290. The number of thiophene rings is 1. The Morgan fingerprint density at radius 1 is 1.13 bits per heavy atom. The van der Waals surface area contributed by atoms with Crippen molar-refractivity contribution in [3.05, 3.63) is 41.8 Å². The van der Waals surface area contributed by atoms with Crippen LogP contribution in [0.2, 0.25) is 0 Å². The fourth-order valence-corrected chi connectivity index (χ4v) is 2.02. The van der Waals surface area contributed by atoms with Crippen molar-refractivity contribution in [2.75, 3.05) is 13.9 Å². The standard InChI is InChI=1S/C12H12O2S/c1-13-9-14-11-6-4-10(5-7-11)12-3-2-8-15-12/h2-8H,9H2,1H3. The van der Waals surface area contributed by atoms with Crippen LogP contribution in [0.1, 0.15) is 0 Å². The minimum Gasteiger partial charge on any atom is -0.468 e. The topological polar surface area (TPSA) is 18.5 Å². The summed E-state index contributed by atoms with van der Waals surface area (Å²) < 4.78 is 10.1. The van der Waals surface area contributed by atoms with Gasteiger partial charge in [0.1, 0.15) is 5.75 Å². The maximum absolute atomic E-state index is 5.31. The van der Waals surface area contributed by atoms with E-state index in [1.165, 1.54) is 10.4 Å². The average molecular weight is 220 g/mol. The van der Waals surface area contributed by atoms with Gasteiger partial charge in [-0.15, -0.1) is 11.3 Å². The second-order valence-corrected chi connectivity index (χ2v) is 4.00. The lowest BCUT2D eigenvalue weighted by Gasteiger charge is -2.04. The van der Waals surface area contributed by atoms with E-state index in [2.05, 4.69) is 29.6 Å². The minimum absolute atomic E-state index is 0.290. The highest BCUT2D eigenvalue weighted by molar-refractivity contribution is 7.13. The summed E-state index contributed by atoms with van der Waals surface area (Å²) in [6, 6.07) is 12.2. The van der Waals surface area contributed by atoms with Crippen molar-refractivity contribution in [2.24, 2.45) is 0 Å². The molecule has 0 fully saturated rings. The molecule has 1 aromatic heterocycles. The molecule has 0 amide bonds. The zero-order valence-electron chi connectivity index (χ0n) is 8.47. The molecule has 78 valence electrons. The molecule has 0 aliphatic heterocycles. The maximum atomic E-state index is 5.31. The highest BCUT2D eigenvalue weighted by Gasteiger charge is 1.98. The fourth-order valence-electron chi connectivity index (χ4n) is 1.29. The largest absolute Gasteiger partial charge is 0.468 e. The van der Waals surface area contributed by atoms with Crippen molar-refractivity contribution in [3.63, 3.8) is 0 Å². The molecular formula is C12H12O2S. The van der Waals surface area contributed by atoms with Crippen molar-refractivity contribution >= 4 is 11.3 Å². The van der Waals surface area contributed by atoms with Crippen LogP contribution in [0.3, 0.4) is 0 Å².